The number of hydrogen-bond acceptors (Lipinski definition) is 2. The maximum absolute atomic E-state index is 10.2. The van der Waals surface area contributed by atoms with Crippen molar-refractivity contribution in [3.8, 4) is 0 Å². The van der Waals surface area contributed by atoms with Crippen molar-refractivity contribution in [2.45, 2.75) is 85.4 Å². The summed E-state index contributed by atoms with van der Waals surface area (Å²) in [5.74, 6) is 1.87. The van der Waals surface area contributed by atoms with Crippen molar-refractivity contribution >= 4 is 0 Å². The van der Waals surface area contributed by atoms with Gasteiger partial charge in [-0.3, -0.25) is 0 Å². The Hall–Kier alpha value is -0.0800. The highest BCUT2D eigenvalue weighted by Gasteiger charge is 2.46. The van der Waals surface area contributed by atoms with E-state index in [1.165, 1.54) is 12.8 Å². The number of rotatable bonds is 7. The molecule has 2 unspecified atom stereocenters. The third kappa shape index (κ3) is 5.83. The Morgan fingerprint density at radius 1 is 0.947 bits per heavy atom. The van der Waals surface area contributed by atoms with Gasteiger partial charge >= 0.3 is 0 Å². The van der Waals surface area contributed by atoms with E-state index >= 15 is 0 Å². The zero-order valence-electron chi connectivity index (χ0n) is 14.0. The molecule has 0 spiro atoms. The van der Waals surface area contributed by atoms with Crippen LogP contribution in [0.3, 0.4) is 0 Å². The Bertz CT molecular complexity index is 289. The van der Waals surface area contributed by atoms with Crippen LogP contribution in [-0.4, -0.2) is 21.4 Å². The second kappa shape index (κ2) is 5.37. The van der Waals surface area contributed by atoms with Gasteiger partial charge in [0.1, 0.15) is 0 Å². The van der Waals surface area contributed by atoms with Crippen LogP contribution in [0.1, 0.15) is 74.1 Å². The van der Waals surface area contributed by atoms with Crippen molar-refractivity contribution in [2.75, 3.05) is 0 Å². The summed E-state index contributed by atoms with van der Waals surface area (Å²) in [6.07, 6.45) is 4.28. The lowest BCUT2D eigenvalue weighted by atomic mass is 9.64. The van der Waals surface area contributed by atoms with Crippen LogP contribution in [0.15, 0.2) is 0 Å². The van der Waals surface area contributed by atoms with Crippen molar-refractivity contribution in [1.82, 2.24) is 0 Å². The molecule has 1 saturated carbocycles. The van der Waals surface area contributed by atoms with Gasteiger partial charge in [0.15, 0.2) is 0 Å². The van der Waals surface area contributed by atoms with Gasteiger partial charge < -0.3 is 10.2 Å². The van der Waals surface area contributed by atoms with Gasteiger partial charge in [0.25, 0.3) is 0 Å². The van der Waals surface area contributed by atoms with Gasteiger partial charge in [0.2, 0.25) is 0 Å². The van der Waals surface area contributed by atoms with Crippen molar-refractivity contribution in [3.63, 3.8) is 0 Å². The molecule has 2 N–H and O–H groups in total. The van der Waals surface area contributed by atoms with Crippen LogP contribution in [0, 0.1) is 23.2 Å². The lowest BCUT2D eigenvalue weighted by molar-refractivity contribution is -0.0235. The average molecular weight is 270 g/mol. The van der Waals surface area contributed by atoms with Gasteiger partial charge in [-0.05, 0) is 76.5 Å². The fourth-order valence-corrected chi connectivity index (χ4v) is 4.48. The predicted octanol–water partition coefficient (Wildman–Crippen LogP) is 4.00. The number of hydrogen-bond donors (Lipinski definition) is 2. The molecule has 1 rings (SSSR count). The maximum atomic E-state index is 10.2. The quantitative estimate of drug-likeness (QED) is 0.734. The Morgan fingerprint density at radius 3 is 1.74 bits per heavy atom. The molecule has 0 amide bonds. The molecule has 0 aliphatic heterocycles. The minimum Gasteiger partial charge on any atom is -0.390 e. The molecule has 0 aromatic carbocycles. The van der Waals surface area contributed by atoms with Crippen LogP contribution in [0.2, 0.25) is 0 Å². The fraction of sp³-hybridized carbons (Fsp3) is 1.00. The van der Waals surface area contributed by atoms with Gasteiger partial charge in [0.05, 0.1) is 11.2 Å². The molecule has 19 heavy (non-hydrogen) atoms. The smallest absolute Gasteiger partial charge is 0.0597 e. The molecule has 0 bridgehead atoms. The topological polar surface area (TPSA) is 40.5 Å². The Morgan fingerprint density at radius 2 is 1.42 bits per heavy atom. The third-order valence-corrected chi connectivity index (χ3v) is 4.36. The maximum Gasteiger partial charge on any atom is 0.0597 e. The van der Waals surface area contributed by atoms with Crippen LogP contribution >= 0.6 is 0 Å². The van der Waals surface area contributed by atoms with Gasteiger partial charge in [-0.2, -0.15) is 0 Å². The molecule has 2 atom stereocenters. The highest BCUT2D eigenvalue weighted by molar-refractivity contribution is 4.96. The molecule has 2 nitrogen and oxygen atoms in total. The molecule has 0 heterocycles. The van der Waals surface area contributed by atoms with E-state index in [1.54, 1.807) is 0 Å². The molecule has 0 aromatic rings. The molecule has 2 heteroatoms. The lowest BCUT2D eigenvalue weighted by Crippen LogP contribution is -2.39. The van der Waals surface area contributed by atoms with Crippen molar-refractivity contribution in [3.05, 3.63) is 0 Å². The van der Waals surface area contributed by atoms with Crippen molar-refractivity contribution < 1.29 is 10.2 Å². The first-order valence-corrected chi connectivity index (χ1v) is 7.77. The molecule has 0 saturated heterocycles. The summed E-state index contributed by atoms with van der Waals surface area (Å²) in [6, 6.07) is 0. The SMILES string of the molecule is CC(CC(C)(C)O)C(C1CC1)C(C)(C)CC(C)(C)O. The molecule has 0 aromatic heterocycles. The first kappa shape index (κ1) is 17.0. The summed E-state index contributed by atoms with van der Waals surface area (Å²) < 4.78 is 0. The molecule has 1 fully saturated rings. The minimum absolute atomic E-state index is 0.115. The summed E-state index contributed by atoms with van der Waals surface area (Å²) in [7, 11) is 0. The van der Waals surface area contributed by atoms with Crippen LogP contribution in [0.4, 0.5) is 0 Å². The van der Waals surface area contributed by atoms with E-state index in [4.69, 9.17) is 0 Å². The molecular weight excluding hydrogens is 236 g/mol. The van der Waals surface area contributed by atoms with E-state index in [0.717, 1.165) is 18.8 Å². The van der Waals surface area contributed by atoms with Crippen LogP contribution in [-0.2, 0) is 0 Å². The Balaban J connectivity index is 2.82. The first-order chi connectivity index (χ1) is 8.32. The van der Waals surface area contributed by atoms with Gasteiger partial charge in [0, 0.05) is 0 Å². The molecular formula is C17H34O2. The van der Waals surface area contributed by atoms with Crippen molar-refractivity contribution in [2.24, 2.45) is 23.2 Å². The highest BCUT2D eigenvalue weighted by atomic mass is 16.3. The van der Waals surface area contributed by atoms with Gasteiger partial charge in [-0.15, -0.1) is 0 Å². The largest absolute Gasteiger partial charge is 0.390 e. The van der Waals surface area contributed by atoms with Gasteiger partial charge in [-0.1, -0.05) is 20.8 Å². The zero-order valence-corrected chi connectivity index (χ0v) is 14.0. The van der Waals surface area contributed by atoms with Crippen LogP contribution in [0.25, 0.3) is 0 Å². The summed E-state index contributed by atoms with van der Waals surface area (Å²) in [5, 5.41) is 20.3. The Kier molecular flexibility index (Phi) is 4.79. The Labute approximate surface area is 119 Å². The lowest BCUT2D eigenvalue weighted by Gasteiger charge is -2.43. The fourth-order valence-electron chi connectivity index (χ4n) is 4.48. The summed E-state index contributed by atoms with van der Waals surface area (Å²) in [6.45, 7) is 14.4. The normalized spacial score (nSPS) is 21.3. The summed E-state index contributed by atoms with van der Waals surface area (Å²) in [5.41, 5.74) is -1.10. The van der Waals surface area contributed by atoms with E-state index in [-0.39, 0.29) is 5.41 Å². The summed E-state index contributed by atoms with van der Waals surface area (Å²) in [4.78, 5) is 0. The average Bonchev–Trinajstić information content (AvgIpc) is 2.77. The molecule has 1 aliphatic carbocycles. The second-order valence-electron chi connectivity index (χ2n) is 8.83. The minimum atomic E-state index is -0.620. The molecule has 114 valence electrons. The molecule has 1 aliphatic rings. The predicted molar refractivity (Wildman–Crippen MR) is 81.0 cm³/mol. The van der Waals surface area contributed by atoms with E-state index in [2.05, 4.69) is 20.8 Å². The van der Waals surface area contributed by atoms with Gasteiger partial charge in [-0.25, -0.2) is 0 Å². The van der Waals surface area contributed by atoms with E-state index in [1.807, 2.05) is 27.7 Å². The highest BCUT2D eigenvalue weighted by Crippen LogP contribution is 2.53. The standard InChI is InChI=1S/C17H34O2/c1-12(10-16(4,5)18)14(13-8-9-13)15(2,3)11-17(6,7)19/h12-14,18-19H,8-11H2,1-7H3. The zero-order chi connectivity index (χ0) is 15.1. The van der Waals surface area contributed by atoms with Crippen LogP contribution in [0.5, 0.6) is 0 Å². The van der Waals surface area contributed by atoms with Crippen molar-refractivity contribution in [1.29, 1.82) is 0 Å². The monoisotopic (exact) mass is 270 g/mol. The summed E-state index contributed by atoms with van der Waals surface area (Å²) >= 11 is 0. The van der Waals surface area contributed by atoms with E-state index in [0.29, 0.717) is 11.8 Å². The van der Waals surface area contributed by atoms with E-state index in [9.17, 15) is 10.2 Å². The van der Waals surface area contributed by atoms with Crippen LogP contribution < -0.4 is 0 Å². The number of aliphatic hydroxyl groups is 2. The first-order valence-electron chi connectivity index (χ1n) is 7.77. The second-order valence-corrected chi connectivity index (χ2v) is 8.83. The molecule has 0 radical (unpaired) electrons. The third-order valence-electron chi connectivity index (χ3n) is 4.36. The van der Waals surface area contributed by atoms with E-state index < -0.39 is 11.2 Å².